The molecule has 0 unspecified atom stereocenters. The molecular weight excluding hydrogens is 308 g/mol. The van der Waals surface area contributed by atoms with Gasteiger partial charge in [0.1, 0.15) is 11.6 Å². The van der Waals surface area contributed by atoms with Gasteiger partial charge < -0.3 is 9.47 Å². The lowest BCUT2D eigenvalue weighted by atomic mass is 10.0. The molecule has 0 aromatic heterocycles. The SMILES string of the molecule is COC(=O)c1c(C#N)ccc(C(F)(F)F)c1OC(F)(F)F. The van der Waals surface area contributed by atoms with Crippen LogP contribution in [0, 0.1) is 11.3 Å². The summed E-state index contributed by atoms with van der Waals surface area (Å²) in [7, 11) is 0.737. The molecule has 0 heterocycles. The smallest absolute Gasteiger partial charge is 0.465 e. The largest absolute Gasteiger partial charge is 0.573 e. The second-order valence-corrected chi connectivity index (χ2v) is 3.51. The quantitative estimate of drug-likeness (QED) is 0.621. The highest BCUT2D eigenvalue weighted by molar-refractivity contribution is 5.96. The standard InChI is InChI=1S/C11H5F6NO3/c1-20-9(19)7-5(4-18)2-3-6(10(12,13)14)8(7)21-11(15,16)17/h2-3H,1H3. The van der Waals surface area contributed by atoms with E-state index in [2.05, 4.69) is 9.47 Å². The molecule has 0 aliphatic carbocycles. The first-order valence-electron chi connectivity index (χ1n) is 4.99. The van der Waals surface area contributed by atoms with Crippen LogP contribution < -0.4 is 4.74 Å². The highest BCUT2D eigenvalue weighted by atomic mass is 19.4. The Morgan fingerprint density at radius 3 is 2.14 bits per heavy atom. The van der Waals surface area contributed by atoms with Crippen molar-refractivity contribution in [3.8, 4) is 11.8 Å². The third kappa shape index (κ3) is 3.77. The van der Waals surface area contributed by atoms with Gasteiger partial charge in [-0.05, 0) is 12.1 Å². The number of carbonyl (C=O) groups excluding carboxylic acids is 1. The minimum absolute atomic E-state index is 0.214. The number of methoxy groups -OCH3 is 1. The van der Waals surface area contributed by atoms with Crippen molar-refractivity contribution in [3.05, 3.63) is 28.8 Å². The van der Waals surface area contributed by atoms with Gasteiger partial charge in [0.05, 0.1) is 18.2 Å². The van der Waals surface area contributed by atoms with Gasteiger partial charge in [-0.2, -0.15) is 18.4 Å². The molecule has 10 heteroatoms. The molecular formula is C11H5F6NO3. The Bertz CT molecular complexity index is 600. The van der Waals surface area contributed by atoms with E-state index in [4.69, 9.17) is 5.26 Å². The van der Waals surface area contributed by atoms with Crippen LogP contribution in [-0.4, -0.2) is 19.4 Å². The molecule has 0 atom stereocenters. The van der Waals surface area contributed by atoms with E-state index in [1.54, 1.807) is 0 Å². The molecule has 0 fully saturated rings. The molecule has 0 saturated carbocycles. The van der Waals surface area contributed by atoms with Gasteiger partial charge in [0.15, 0.2) is 5.75 Å². The van der Waals surface area contributed by atoms with Crippen molar-refractivity contribution < 1.29 is 40.6 Å². The van der Waals surface area contributed by atoms with Gasteiger partial charge in [0.25, 0.3) is 0 Å². The minimum atomic E-state index is -5.49. The van der Waals surface area contributed by atoms with Crippen LogP contribution >= 0.6 is 0 Å². The van der Waals surface area contributed by atoms with E-state index >= 15 is 0 Å². The number of ether oxygens (including phenoxy) is 2. The molecule has 21 heavy (non-hydrogen) atoms. The third-order valence-electron chi connectivity index (χ3n) is 2.19. The molecule has 0 saturated heterocycles. The Hall–Kier alpha value is -2.44. The van der Waals surface area contributed by atoms with Crippen molar-refractivity contribution in [2.24, 2.45) is 0 Å². The monoisotopic (exact) mass is 313 g/mol. The second-order valence-electron chi connectivity index (χ2n) is 3.51. The fourth-order valence-electron chi connectivity index (χ4n) is 1.43. The van der Waals surface area contributed by atoms with Gasteiger partial charge in [0, 0.05) is 0 Å². The Labute approximate surface area is 113 Å². The van der Waals surface area contributed by atoms with E-state index < -0.39 is 40.9 Å². The predicted octanol–water partition coefficient (Wildman–Crippen LogP) is 3.26. The first kappa shape index (κ1) is 16.6. The van der Waals surface area contributed by atoms with E-state index in [1.165, 1.54) is 6.07 Å². The van der Waals surface area contributed by atoms with Crippen LogP contribution in [0.15, 0.2) is 12.1 Å². The number of carbonyl (C=O) groups is 1. The molecule has 114 valence electrons. The predicted molar refractivity (Wildman–Crippen MR) is 54.2 cm³/mol. The van der Waals surface area contributed by atoms with Gasteiger partial charge in [0.2, 0.25) is 0 Å². The molecule has 1 aromatic carbocycles. The number of alkyl halides is 6. The van der Waals surface area contributed by atoms with Crippen molar-refractivity contribution in [2.75, 3.05) is 7.11 Å². The van der Waals surface area contributed by atoms with Gasteiger partial charge >= 0.3 is 18.5 Å². The van der Waals surface area contributed by atoms with E-state index in [9.17, 15) is 31.1 Å². The number of hydrogen-bond donors (Lipinski definition) is 0. The maximum Gasteiger partial charge on any atom is 0.573 e. The van der Waals surface area contributed by atoms with E-state index in [0.29, 0.717) is 6.07 Å². The normalized spacial score (nSPS) is 11.7. The number of benzene rings is 1. The van der Waals surface area contributed by atoms with Crippen molar-refractivity contribution in [1.82, 2.24) is 0 Å². The molecule has 0 N–H and O–H groups in total. The highest BCUT2D eigenvalue weighted by Crippen LogP contribution is 2.41. The number of halogens is 6. The summed E-state index contributed by atoms with van der Waals surface area (Å²) in [6, 6.07) is 2.07. The zero-order valence-electron chi connectivity index (χ0n) is 10.1. The fourth-order valence-corrected chi connectivity index (χ4v) is 1.43. The van der Waals surface area contributed by atoms with E-state index in [-0.39, 0.29) is 6.07 Å². The molecule has 1 rings (SSSR count). The topological polar surface area (TPSA) is 59.3 Å². The Balaban J connectivity index is 3.72. The number of nitrogens with zero attached hydrogens (tertiary/aromatic N) is 1. The molecule has 4 nitrogen and oxygen atoms in total. The Morgan fingerprint density at radius 1 is 1.19 bits per heavy atom. The maximum atomic E-state index is 12.7. The van der Waals surface area contributed by atoms with Gasteiger partial charge in [-0.3, -0.25) is 0 Å². The zero-order valence-corrected chi connectivity index (χ0v) is 10.1. The maximum absolute atomic E-state index is 12.7. The third-order valence-corrected chi connectivity index (χ3v) is 2.19. The lowest BCUT2D eigenvalue weighted by Crippen LogP contribution is -2.23. The Morgan fingerprint density at radius 2 is 1.76 bits per heavy atom. The Kier molecular flexibility index (Phi) is 4.36. The lowest BCUT2D eigenvalue weighted by Gasteiger charge is -2.18. The van der Waals surface area contributed by atoms with Crippen molar-refractivity contribution in [1.29, 1.82) is 5.26 Å². The molecule has 1 aromatic rings. The average Bonchev–Trinajstić information content (AvgIpc) is 2.33. The van der Waals surface area contributed by atoms with Crippen LogP contribution in [0.1, 0.15) is 21.5 Å². The molecule has 0 aliphatic rings. The van der Waals surface area contributed by atoms with E-state index in [0.717, 1.165) is 7.11 Å². The first-order chi connectivity index (χ1) is 9.51. The van der Waals surface area contributed by atoms with Gasteiger partial charge in [-0.15, -0.1) is 13.2 Å². The lowest BCUT2D eigenvalue weighted by molar-refractivity contribution is -0.276. The van der Waals surface area contributed by atoms with Gasteiger partial charge in [-0.1, -0.05) is 0 Å². The summed E-state index contributed by atoms with van der Waals surface area (Å²) in [6.07, 6.45) is -10.7. The van der Waals surface area contributed by atoms with Crippen molar-refractivity contribution in [3.63, 3.8) is 0 Å². The van der Waals surface area contributed by atoms with Crippen LogP contribution in [0.5, 0.6) is 5.75 Å². The summed E-state index contributed by atoms with van der Waals surface area (Å²) in [4.78, 5) is 11.4. The summed E-state index contributed by atoms with van der Waals surface area (Å²) in [5.41, 5.74) is -3.83. The molecule has 0 radical (unpaired) electrons. The van der Waals surface area contributed by atoms with Crippen LogP contribution in [0.2, 0.25) is 0 Å². The molecule has 0 aliphatic heterocycles. The molecule has 0 spiro atoms. The van der Waals surface area contributed by atoms with Crippen molar-refractivity contribution >= 4 is 5.97 Å². The summed E-state index contributed by atoms with van der Waals surface area (Å²) in [6.45, 7) is 0. The van der Waals surface area contributed by atoms with Crippen LogP contribution in [-0.2, 0) is 10.9 Å². The van der Waals surface area contributed by atoms with Crippen LogP contribution in [0.4, 0.5) is 26.3 Å². The molecule has 0 amide bonds. The number of hydrogen-bond acceptors (Lipinski definition) is 4. The molecule has 0 bridgehead atoms. The fraction of sp³-hybridized carbons (Fsp3) is 0.273. The number of rotatable bonds is 2. The number of esters is 1. The average molecular weight is 313 g/mol. The van der Waals surface area contributed by atoms with Crippen molar-refractivity contribution in [2.45, 2.75) is 12.5 Å². The van der Waals surface area contributed by atoms with Crippen LogP contribution in [0.3, 0.4) is 0 Å². The summed E-state index contributed by atoms with van der Waals surface area (Å²) >= 11 is 0. The summed E-state index contributed by atoms with van der Waals surface area (Å²) < 4.78 is 82.4. The zero-order chi connectivity index (χ0) is 16.4. The second kappa shape index (κ2) is 5.51. The first-order valence-corrected chi connectivity index (χ1v) is 4.99. The summed E-state index contributed by atoms with van der Waals surface area (Å²) in [5.74, 6) is -3.38. The number of nitriles is 1. The van der Waals surface area contributed by atoms with Gasteiger partial charge in [-0.25, -0.2) is 4.79 Å². The highest BCUT2D eigenvalue weighted by Gasteiger charge is 2.42. The van der Waals surface area contributed by atoms with E-state index in [1.807, 2.05) is 0 Å². The van der Waals surface area contributed by atoms with Crippen LogP contribution in [0.25, 0.3) is 0 Å². The summed E-state index contributed by atoms with van der Waals surface area (Å²) in [5, 5.41) is 8.70. The minimum Gasteiger partial charge on any atom is -0.465 e.